The summed E-state index contributed by atoms with van der Waals surface area (Å²) in [6.45, 7) is 2.91. The van der Waals surface area contributed by atoms with Crippen LogP contribution in [-0.2, 0) is 11.3 Å². The quantitative estimate of drug-likeness (QED) is 0.856. The first-order chi connectivity index (χ1) is 10.2. The van der Waals surface area contributed by atoms with Crippen LogP contribution >= 0.6 is 24.0 Å². The lowest BCUT2D eigenvalue weighted by Gasteiger charge is -2.24. The van der Waals surface area contributed by atoms with E-state index in [4.69, 9.17) is 16.3 Å². The molecule has 0 aliphatic carbocycles. The van der Waals surface area contributed by atoms with E-state index >= 15 is 0 Å². The molecular formula is C16H22Cl2N2O2. The molecule has 122 valence electrons. The molecule has 0 radical (unpaired) electrons. The molecule has 2 unspecified atom stereocenters. The minimum atomic E-state index is -0.315. The van der Waals surface area contributed by atoms with Crippen molar-refractivity contribution >= 4 is 30.0 Å². The van der Waals surface area contributed by atoms with E-state index in [1.165, 1.54) is 26.4 Å². The molecule has 2 fully saturated rings. The van der Waals surface area contributed by atoms with E-state index in [2.05, 4.69) is 10.2 Å². The van der Waals surface area contributed by atoms with Gasteiger partial charge in [0, 0.05) is 36.7 Å². The van der Waals surface area contributed by atoms with Crippen LogP contribution in [0.15, 0.2) is 18.2 Å². The maximum Gasteiger partial charge on any atom is 0.337 e. The molecule has 2 aliphatic heterocycles. The number of carbonyl (C=O) groups excluding carboxylic acids is 1. The Morgan fingerprint density at radius 3 is 2.91 bits per heavy atom. The molecule has 0 saturated carbocycles. The summed E-state index contributed by atoms with van der Waals surface area (Å²) in [7, 11) is 1.40. The zero-order valence-corrected chi connectivity index (χ0v) is 14.3. The van der Waals surface area contributed by atoms with Crippen molar-refractivity contribution in [1.29, 1.82) is 0 Å². The van der Waals surface area contributed by atoms with E-state index in [9.17, 15) is 4.79 Å². The fourth-order valence-corrected chi connectivity index (χ4v) is 3.52. The van der Waals surface area contributed by atoms with Crippen molar-refractivity contribution in [2.24, 2.45) is 0 Å². The van der Waals surface area contributed by atoms with Crippen LogP contribution in [0, 0.1) is 0 Å². The molecule has 0 aromatic heterocycles. The molecule has 3 rings (SSSR count). The number of benzene rings is 1. The van der Waals surface area contributed by atoms with Crippen molar-refractivity contribution in [3.8, 4) is 0 Å². The number of likely N-dealkylation sites (tertiary alicyclic amines) is 1. The second-order valence-corrected chi connectivity index (χ2v) is 6.37. The van der Waals surface area contributed by atoms with Gasteiger partial charge in [-0.05, 0) is 43.0 Å². The predicted molar refractivity (Wildman–Crippen MR) is 89.9 cm³/mol. The highest BCUT2D eigenvalue weighted by molar-refractivity contribution is 6.31. The largest absolute Gasteiger partial charge is 0.465 e. The summed E-state index contributed by atoms with van der Waals surface area (Å²) in [5.41, 5.74) is 1.56. The monoisotopic (exact) mass is 344 g/mol. The molecule has 0 spiro atoms. The number of ether oxygens (including phenoxy) is 1. The Balaban J connectivity index is 0.00000176. The molecule has 22 heavy (non-hydrogen) atoms. The summed E-state index contributed by atoms with van der Waals surface area (Å²) in [5, 5.41) is 4.39. The summed E-state index contributed by atoms with van der Waals surface area (Å²) in [6, 6.07) is 6.62. The van der Waals surface area contributed by atoms with Gasteiger partial charge in [0.15, 0.2) is 0 Å². The summed E-state index contributed by atoms with van der Waals surface area (Å²) < 4.78 is 4.78. The van der Waals surface area contributed by atoms with Gasteiger partial charge in [0.25, 0.3) is 0 Å². The van der Waals surface area contributed by atoms with Gasteiger partial charge < -0.3 is 10.1 Å². The second kappa shape index (κ2) is 7.64. The average Bonchev–Trinajstić information content (AvgIpc) is 2.82. The molecular weight excluding hydrogens is 323 g/mol. The van der Waals surface area contributed by atoms with Crippen LogP contribution in [0.3, 0.4) is 0 Å². The summed E-state index contributed by atoms with van der Waals surface area (Å²) in [5.74, 6) is -0.315. The highest BCUT2D eigenvalue weighted by Crippen LogP contribution is 2.24. The van der Waals surface area contributed by atoms with Crippen LogP contribution in [0.2, 0.25) is 5.02 Å². The average molecular weight is 345 g/mol. The molecule has 2 saturated heterocycles. The van der Waals surface area contributed by atoms with Crippen LogP contribution in [-0.4, -0.2) is 43.2 Å². The lowest BCUT2D eigenvalue weighted by atomic mass is 10.1. The standard InChI is InChI=1S/C16H21ClN2O2.ClH/c1-21-16(20)11-2-5-15(17)12(8-11)9-19-7-6-13-3-4-14(10-19)18-13;/h2,5,8,13-14,18H,3-4,6-7,9-10H2,1H3;1H. The minimum Gasteiger partial charge on any atom is -0.465 e. The van der Waals surface area contributed by atoms with Crippen molar-refractivity contribution in [2.45, 2.75) is 37.9 Å². The third-order valence-corrected chi connectivity index (χ3v) is 4.84. The number of fused-ring (bicyclic) bond motifs is 2. The van der Waals surface area contributed by atoms with E-state index in [-0.39, 0.29) is 18.4 Å². The van der Waals surface area contributed by atoms with Gasteiger partial charge >= 0.3 is 5.97 Å². The summed E-state index contributed by atoms with van der Waals surface area (Å²) in [4.78, 5) is 14.1. The SMILES string of the molecule is COC(=O)c1ccc(Cl)c(CN2CCC3CCC(C2)N3)c1.Cl. The maximum atomic E-state index is 11.6. The van der Waals surface area contributed by atoms with E-state index in [1.54, 1.807) is 12.1 Å². The Bertz CT molecular complexity index is 539. The first kappa shape index (κ1) is 17.5. The fourth-order valence-electron chi connectivity index (χ4n) is 3.34. The number of hydrogen-bond donors (Lipinski definition) is 1. The van der Waals surface area contributed by atoms with Gasteiger partial charge in [-0.2, -0.15) is 0 Å². The number of nitrogens with one attached hydrogen (secondary N) is 1. The summed E-state index contributed by atoms with van der Waals surface area (Å²) >= 11 is 6.29. The van der Waals surface area contributed by atoms with Crippen molar-refractivity contribution in [2.75, 3.05) is 20.2 Å². The lowest BCUT2D eigenvalue weighted by Crippen LogP contribution is -2.35. The van der Waals surface area contributed by atoms with Crippen LogP contribution in [0.4, 0.5) is 0 Å². The minimum absolute atomic E-state index is 0. The number of rotatable bonds is 3. The summed E-state index contributed by atoms with van der Waals surface area (Å²) in [6.07, 6.45) is 3.75. The van der Waals surface area contributed by atoms with Crippen molar-refractivity contribution in [3.63, 3.8) is 0 Å². The van der Waals surface area contributed by atoms with E-state index in [1.807, 2.05) is 6.07 Å². The maximum absolute atomic E-state index is 11.6. The normalized spacial score (nSPS) is 24.5. The number of halogens is 2. The highest BCUT2D eigenvalue weighted by Gasteiger charge is 2.29. The third-order valence-electron chi connectivity index (χ3n) is 4.47. The van der Waals surface area contributed by atoms with Crippen LogP contribution in [0.1, 0.15) is 35.2 Å². The highest BCUT2D eigenvalue weighted by atomic mass is 35.5. The smallest absolute Gasteiger partial charge is 0.337 e. The number of carbonyl (C=O) groups is 1. The molecule has 2 bridgehead atoms. The Morgan fingerprint density at radius 2 is 2.14 bits per heavy atom. The van der Waals surface area contributed by atoms with E-state index in [0.717, 1.165) is 25.2 Å². The first-order valence-corrected chi connectivity index (χ1v) is 7.88. The van der Waals surface area contributed by atoms with E-state index in [0.29, 0.717) is 22.7 Å². The molecule has 0 amide bonds. The van der Waals surface area contributed by atoms with Gasteiger partial charge in [0.05, 0.1) is 12.7 Å². The first-order valence-electron chi connectivity index (χ1n) is 7.51. The van der Waals surface area contributed by atoms with Gasteiger partial charge in [-0.3, -0.25) is 4.90 Å². The number of methoxy groups -OCH3 is 1. The van der Waals surface area contributed by atoms with Crippen LogP contribution < -0.4 is 5.32 Å². The van der Waals surface area contributed by atoms with Gasteiger partial charge in [-0.15, -0.1) is 12.4 Å². The Morgan fingerprint density at radius 1 is 1.36 bits per heavy atom. The predicted octanol–water partition coefficient (Wildman–Crippen LogP) is 2.87. The zero-order chi connectivity index (χ0) is 14.8. The second-order valence-electron chi connectivity index (χ2n) is 5.96. The topological polar surface area (TPSA) is 41.6 Å². The number of nitrogens with zero attached hydrogens (tertiary/aromatic N) is 1. The van der Waals surface area contributed by atoms with Gasteiger partial charge in [-0.25, -0.2) is 4.79 Å². The molecule has 1 N–H and O–H groups in total. The Labute approximate surface area is 142 Å². The number of hydrogen-bond acceptors (Lipinski definition) is 4. The lowest BCUT2D eigenvalue weighted by molar-refractivity contribution is 0.0600. The molecule has 4 nitrogen and oxygen atoms in total. The van der Waals surface area contributed by atoms with Crippen molar-refractivity contribution in [3.05, 3.63) is 34.3 Å². The molecule has 6 heteroatoms. The Kier molecular flexibility index (Phi) is 6.09. The van der Waals surface area contributed by atoms with E-state index < -0.39 is 0 Å². The fraction of sp³-hybridized carbons (Fsp3) is 0.562. The van der Waals surface area contributed by atoms with Crippen LogP contribution in [0.5, 0.6) is 0 Å². The van der Waals surface area contributed by atoms with Crippen LogP contribution in [0.25, 0.3) is 0 Å². The molecule has 1 aromatic carbocycles. The Hall–Kier alpha value is -0.810. The van der Waals surface area contributed by atoms with Gasteiger partial charge in [-0.1, -0.05) is 11.6 Å². The molecule has 1 aromatic rings. The zero-order valence-electron chi connectivity index (χ0n) is 12.7. The molecule has 2 heterocycles. The molecule has 2 atom stereocenters. The third kappa shape index (κ3) is 3.93. The van der Waals surface area contributed by atoms with Crippen molar-refractivity contribution in [1.82, 2.24) is 10.2 Å². The molecule has 2 aliphatic rings. The van der Waals surface area contributed by atoms with Gasteiger partial charge in [0.2, 0.25) is 0 Å². The van der Waals surface area contributed by atoms with Crippen molar-refractivity contribution < 1.29 is 9.53 Å². The van der Waals surface area contributed by atoms with Gasteiger partial charge in [0.1, 0.15) is 0 Å². The number of esters is 1.